The maximum Gasteiger partial charge on any atom is 0.339 e. The molecule has 6 nitrogen and oxygen atoms in total. The lowest BCUT2D eigenvalue weighted by Gasteiger charge is -2.09. The summed E-state index contributed by atoms with van der Waals surface area (Å²) in [5.41, 5.74) is 1.52. The largest absolute Gasteiger partial charge is 0.497 e. The summed E-state index contributed by atoms with van der Waals surface area (Å²) in [6, 6.07) is 4.93. The zero-order valence-electron chi connectivity index (χ0n) is 11.2. The molecule has 20 heavy (non-hydrogen) atoms. The summed E-state index contributed by atoms with van der Waals surface area (Å²) in [5, 5.41) is 9.05. The van der Waals surface area contributed by atoms with Gasteiger partial charge < -0.3 is 14.6 Å². The quantitative estimate of drug-likeness (QED) is 0.898. The number of carboxylic acid groups (broad SMARTS) is 1. The average molecular weight is 274 g/mol. The summed E-state index contributed by atoms with van der Waals surface area (Å²) in [5.74, 6) is -0.166. The monoisotopic (exact) mass is 274 g/mol. The van der Waals surface area contributed by atoms with E-state index in [-0.39, 0.29) is 17.9 Å². The Morgan fingerprint density at radius 3 is 2.90 bits per heavy atom. The first-order chi connectivity index (χ1) is 9.60. The molecule has 0 spiro atoms. The summed E-state index contributed by atoms with van der Waals surface area (Å²) < 4.78 is 10.6. The number of nitrogens with zero attached hydrogens (tertiary/aromatic N) is 2. The van der Waals surface area contributed by atoms with E-state index < -0.39 is 5.97 Å². The highest BCUT2D eigenvalue weighted by atomic mass is 16.5. The fourth-order valence-electron chi connectivity index (χ4n) is 1.72. The van der Waals surface area contributed by atoms with Gasteiger partial charge in [0.15, 0.2) is 5.75 Å². The third kappa shape index (κ3) is 3.23. The molecule has 2 rings (SSSR count). The van der Waals surface area contributed by atoms with Crippen LogP contribution >= 0.6 is 0 Å². The van der Waals surface area contributed by atoms with Gasteiger partial charge in [-0.2, -0.15) is 0 Å². The van der Waals surface area contributed by atoms with Crippen molar-refractivity contribution in [3.63, 3.8) is 0 Å². The number of pyridine rings is 2. The molecule has 0 aliphatic carbocycles. The minimum Gasteiger partial charge on any atom is -0.497 e. The highest BCUT2D eigenvalue weighted by Gasteiger charge is 2.11. The van der Waals surface area contributed by atoms with Crippen LogP contribution in [-0.2, 0) is 6.61 Å². The van der Waals surface area contributed by atoms with E-state index in [0.29, 0.717) is 11.4 Å². The third-order valence-electron chi connectivity index (χ3n) is 2.61. The third-order valence-corrected chi connectivity index (χ3v) is 2.61. The lowest BCUT2D eigenvalue weighted by molar-refractivity contribution is 0.0691. The van der Waals surface area contributed by atoms with Gasteiger partial charge in [0.1, 0.15) is 17.9 Å². The van der Waals surface area contributed by atoms with Gasteiger partial charge in [-0.3, -0.25) is 9.97 Å². The predicted octanol–water partition coefficient (Wildman–Crippen LogP) is 2.07. The van der Waals surface area contributed by atoms with Crippen molar-refractivity contribution in [3.05, 3.63) is 47.5 Å². The number of carboxylic acids is 1. The molecule has 2 aromatic rings. The van der Waals surface area contributed by atoms with E-state index in [4.69, 9.17) is 14.6 Å². The van der Waals surface area contributed by atoms with Crippen LogP contribution in [0.1, 0.15) is 21.7 Å². The summed E-state index contributed by atoms with van der Waals surface area (Å²) in [6.07, 6.45) is 2.78. The van der Waals surface area contributed by atoms with Crippen LogP contribution in [0.15, 0.2) is 30.6 Å². The van der Waals surface area contributed by atoms with Gasteiger partial charge in [-0.25, -0.2) is 4.79 Å². The second-order valence-corrected chi connectivity index (χ2v) is 4.11. The molecule has 0 fully saturated rings. The Balaban J connectivity index is 2.17. The van der Waals surface area contributed by atoms with Crippen molar-refractivity contribution in [3.8, 4) is 11.5 Å². The van der Waals surface area contributed by atoms with Crippen LogP contribution < -0.4 is 9.47 Å². The Labute approximate surface area is 116 Å². The second kappa shape index (κ2) is 6.01. The van der Waals surface area contributed by atoms with Crippen LogP contribution in [0.5, 0.6) is 11.5 Å². The minimum absolute atomic E-state index is 0.0691. The van der Waals surface area contributed by atoms with Crippen LogP contribution in [-0.4, -0.2) is 28.2 Å². The number of rotatable bonds is 5. The molecule has 6 heteroatoms. The molecule has 0 saturated heterocycles. The number of hydrogen-bond donors (Lipinski definition) is 1. The highest BCUT2D eigenvalue weighted by Crippen LogP contribution is 2.19. The molecular weight excluding hydrogens is 260 g/mol. The number of ether oxygens (including phenoxy) is 2. The van der Waals surface area contributed by atoms with Gasteiger partial charge in [0.25, 0.3) is 0 Å². The normalized spacial score (nSPS) is 10.1. The first-order valence-electron chi connectivity index (χ1n) is 5.92. The van der Waals surface area contributed by atoms with Crippen LogP contribution in [0.25, 0.3) is 0 Å². The molecule has 0 saturated carbocycles. The molecular formula is C14H14N2O4. The number of aromatic nitrogens is 2. The van der Waals surface area contributed by atoms with Crippen molar-refractivity contribution in [2.24, 2.45) is 0 Å². The van der Waals surface area contributed by atoms with Crippen molar-refractivity contribution in [1.29, 1.82) is 0 Å². The van der Waals surface area contributed by atoms with Crippen molar-refractivity contribution >= 4 is 5.97 Å². The van der Waals surface area contributed by atoms with Gasteiger partial charge in [-0.05, 0) is 13.0 Å². The summed E-state index contributed by atoms with van der Waals surface area (Å²) in [4.78, 5) is 19.2. The number of aromatic carboxylic acids is 1. The van der Waals surface area contributed by atoms with E-state index >= 15 is 0 Å². The van der Waals surface area contributed by atoms with Gasteiger partial charge in [0.2, 0.25) is 0 Å². The Hall–Kier alpha value is -2.63. The lowest BCUT2D eigenvalue weighted by Crippen LogP contribution is -2.05. The fourth-order valence-corrected chi connectivity index (χ4v) is 1.72. The Morgan fingerprint density at radius 2 is 2.20 bits per heavy atom. The molecule has 1 N–H and O–H groups in total. The van der Waals surface area contributed by atoms with Gasteiger partial charge in [-0.15, -0.1) is 0 Å². The number of aryl methyl sites for hydroxylation is 1. The second-order valence-electron chi connectivity index (χ2n) is 4.11. The zero-order valence-corrected chi connectivity index (χ0v) is 11.2. The standard InChI is InChI=1S/C14H14N2O4/c1-9-5-11(19-2)6-10(16-9)8-20-13-7-15-4-3-12(13)14(17)18/h3-7H,8H2,1-2H3,(H,17,18). The lowest BCUT2D eigenvalue weighted by atomic mass is 10.2. The molecule has 0 radical (unpaired) electrons. The molecule has 0 amide bonds. The zero-order chi connectivity index (χ0) is 14.5. The number of hydrogen-bond acceptors (Lipinski definition) is 5. The van der Waals surface area contributed by atoms with E-state index in [0.717, 1.165) is 5.69 Å². The Bertz CT molecular complexity index is 628. The first kappa shape index (κ1) is 13.8. The minimum atomic E-state index is -1.06. The highest BCUT2D eigenvalue weighted by molar-refractivity contribution is 5.90. The van der Waals surface area contributed by atoms with E-state index in [1.165, 1.54) is 18.5 Å². The van der Waals surface area contributed by atoms with Crippen LogP contribution in [0.4, 0.5) is 0 Å². The summed E-state index contributed by atoms with van der Waals surface area (Å²) in [7, 11) is 1.57. The smallest absolute Gasteiger partial charge is 0.339 e. The molecule has 2 heterocycles. The van der Waals surface area contributed by atoms with Crippen LogP contribution in [0.2, 0.25) is 0 Å². The van der Waals surface area contributed by atoms with Gasteiger partial charge in [0, 0.05) is 24.0 Å². The molecule has 0 unspecified atom stereocenters. The molecule has 0 bridgehead atoms. The first-order valence-corrected chi connectivity index (χ1v) is 5.92. The van der Waals surface area contributed by atoms with Crippen molar-refractivity contribution in [1.82, 2.24) is 9.97 Å². The topological polar surface area (TPSA) is 81.5 Å². The maximum atomic E-state index is 11.0. The Kier molecular flexibility index (Phi) is 4.14. The maximum absolute atomic E-state index is 11.0. The van der Waals surface area contributed by atoms with Crippen molar-refractivity contribution in [2.75, 3.05) is 7.11 Å². The molecule has 2 aromatic heterocycles. The van der Waals surface area contributed by atoms with Crippen molar-refractivity contribution in [2.45, 2.75) is 13.5 Å². The Morgan fingerprint density at radius 1 is 1.40 bits per heavy atom. The summed E-state index contributed by atoms with van der Waals surface area (Å²) in [6.45, 7) is 1.99. The van der Waals surface area contributed by atoms with E-state index in [9.17, 15) is 4.79 Å². The number of carbonyl (C=O) groups is 1. The number of methoxy groups -OCH3 is 1. The van der Waals surface area contributed by atoms with E-state index in [2.05, 4.69) is 9.97 Å². The molecule has 104 valence electrons. The van der Waals surface area contributed by atoms with Gasteiger partial charge in [-0.1, -0.05) is 0 Å². The van der Waals surface area contributed by atoms with Crippen molar-refractivity contribution < 1.29 is 19.4 Å². The average Bonchev–Trinajstić information content (AvgIpc) is 2.44. The molecule has 0 aliphatic heterocycles. The molecule has 0 atom stereocenters. The molecule has 0 aliphatic rings. The van der Waals surface area contributed by atoms with Gasteiger partial charge in [0.05, 0.1) is 19.0 Å². The van der Waals surface area contributed by atoms with E-state index in [1.54, 1.807) is 19.2 Å². The summed E-state index contributed by atoms with van der Waals surface area (Å²) >= 11 is 0. The van der Waals surface area contributed by atoms with E-state index in [1.807, 2.05) is 6.92 Å². The van der Waals surface area contributed by atoms with Crippen LogP contribution in [0.3, 0.4) is 0 Å². The predicted molar refractivity (Wildman–Crippen MR) is 71.1 cm³/mol. The SMILES string of the molecule is COc1cc(C)nc(COc2cnccc2C(=O)O)c1. The fraction of sp³-hybridized carbons (Fsp3) is 0.214. The van der Waals surface area contributed by atoms with Gasteiger partial charge >= 0.3 is 5.97 Å². The van der Waals surface area contributed by atoms with Crippen LogP contribution in [0, 0.1) is 6.92 Å². The molecule has 0 aromatic carbocycles.